The predicted molar refractivity (Wildman–Crippen MR) is 88.7 cm³/mol. The van der Waals surface area contributed by atoms with Crippen molar-refractivity contribution in [1.29, 1.82) is 0 Å². The van der Waals surface area contributed by atoms with E-state index in [1.165, 1.54) is 11.1 Å². The smallest absolute Gasteiger partial charge is 0.168 e. The van der Waals surface area contributed by atoms with Crippen molar-refractivity contribution >= 4 is 5.78 Å². The van der Waals surface area contributed by atoms with Gasteiger partial charge in [0.15, 0.2) is 5.78 Å². The van der Waals surface area contributed by atoms with E-state index in [-0.39, 0.29) is 11.2 Å². The molecule has 1 aromatic rings. The molecular formula is C20H24O3. The summed E-state index contributed by atoms with van der Waals surface area (Å²) in [5, 5.41) is 9.41. The van der Waals surface area contributed by atoms with Crippen LogP contribution >= 0.6 is 0 Å². The third kappa shape index (κ3) is 1.98. The molecule has 3 nitrogen and oxygen atoms in total. The fraction of sp³-hybridized carbons (Fsp3) is 0.550. The maximum absolute atomic E-state index is 12.7. The molecule has 1 N–H and O–H groups in total. The number of carbonyl (C=O) groups is 1. The molecule has 4 atom stereocenters. The van der Waals surface area contributed by atoms with Crippen LogP contribution in [-0.2, 0) is 11.2 Å². The first-order valence-electron chi connectivity index (χ1n) is 8.63. The lowest BCUT2D eigenvalue weighted by Gasteiger charge is -2.48. The number of carbonyl (C=O) groups excluding carboxylic acids is 1. The van der Waals surface area contributed by atoms with Gasteiger partial charge in [0.2, 0.25) is 0 Å². The Morgan fingerprint density at radius 3 is 2.91 bits per heavy atom. The molecule has 0 aromatic heterocycles. The zero-order valence-corrected chi connectivity index (χ0v) is 13.8. The standard InChI is InChI=1S/C20H24O3/c1-20-8-7-16-15-6-4-14(23-2)9-12(15)3-5-17(16)18(20)10-13(11-21)19(20)22/h4,6,9,11,16-18,21H,3,5,7-8,10H2,1-2H3/t16-,17-,18+,20-/m1/s1. The van der Waals surface area contributed by atoms with Crippen molar-refractivity contribution in [3.63, 3.8) is 0 Å². The van der Waals surface area contributed by atoms with Gasteiger partial charge in [-0.2, -0.15) is 0 Å². The van der Waals surface area contributed by atoms with Gasteiger partial charge in [-0.05, 0) is 73.1 Å². The second kappa shape index (κ2) is 5.12. The maximum Gasteiger partial charge on any atom is 0.168 e. The highest BCUT2D eigenvalue weighted by Crippen LogP contribution is 2.60. The van der Waals surface area contributed by atoms with Crippen molar-refractivity contribution in [3.8, 4) is 5.75 Å². The topological polar surface area (TPSA) is 46.5 Å². The van der Waals surface area contributed by atoms with Crippen LogP contribution in [0.1, 0.15) is 49.7 Å². The summed E-state index contributed by atoms with van der Waals surface area (Å²) in [5.74, 6) is 2.60. The minimum Gasteiger partial charge on any atom is -0.515 e. The Hall–Kier alpha value is -1.77. The number of ether oxygens (including phenoxy) is 1. The normalized spacial score (nSPS) is 37.2. The van der Waals surface area contributed by atoms with Crippen LogP contribution in [0, 0.1) is 17.3 Å². The molecule has 3 heteroatoms. The summed E-state index contributed by atoms with van der Waals surface area (Å²) < 4.78 is 5.36. The van der Waals surface area contributed by atoms with Crippen LogP contribution in [-0.4, -0.2) is 18.0 Å². The van der Waals surface area contributed by atoms with Crippen LogP contribution in [0.2, 0.25) is 0 Å². The molecule has 3 aliphatic carbocycles. The fourth-order valence-corrected chi connectivity index (χ4v) is 5.47. The van der Waals surface area contributed by atoms with Gasteiger partial charge in [-0.25, -0.2) is 0 Å². The van der Waals surface area contributed by atoms with Gasteiger partial charge in [0.05, 0.1) is 13.4 Å². The van der Waals surface area contributed by atoms with Gasteiger partial charge < -0.3 is 9.84 Å². The van der Waals surface area contributed by atoms with E-state index in [9.17, 15) is 9.90 Å². The van der Waals surface area contributed by atoms with E-state index in [2.05, 4.69) is 25.1 Å². The van der Waals surface area contributed by atoms with E-state index < -0.39 is 0 Å². The molecule has 2 fully saturated rings. The first kappa shape index (κ1) is 14.8. The van der Waals surface area contributed by atoms with Crippen molar-refractivity contribution in [2.24, 2.45) is 17.3 Å². The zero-order valence-electron chi connectivity index (χ0n) is 13.8. The number of rotatable bonds is 1. The van der Waals surface area contributed by atoms with Gasteiger partial charge in [0.25, 0.3) is 0 Å². The van der Waals surface area contributed by atoms with Crippen LogP contribution < -0.4 is 4.74 Å². The Morgan fingerprint density at radius 1 is 1.35 bits per heavy atom. The summed E-state index contributed by atoms with van der Waals surface area (Å²) in [7, 11) is 1.71. The van der Waals surface area contributed by atoms with E-state index in [4.69, 9.17) is 4.74 Å². The quantitative estimate of drug-likeness (QED) is 0.625. The van der Waals surface area contributed by atoms with Crippen LogP contribution in [0.25, 0.3) is 0 Å². The summed E-state index contributed by atoms with van der Waals surface area (Å²) >= 11 is 0. The monoisotopic (exact) mass is 312 g/mol. The van der Waals surface area contributed by atoms with Crippen LogP contribution in [0.4, 0.5) is 0 Å². The van der Waals surface area contributed by atoms with Crippen LogP contribution in [0.5, 0.6) is 5.75 Å². The molecule has 0 radical (unpaired) electrons. The lowest BCUT2D eigenvalue weighted by molar-refractivity contribution is -0.127. The molecule has 0 amide bonds. The molecule has 3 aliphatic rings. The van der Waals surface area contributed by atoms with Gasteiger partial charge in [-0.3, -0.25) is 4.79 Å². The molecule has 23 heavy (non-hydrogen) atoms. The Balaban J connectivity index is 1.71. The lowest BCUT2D eigenvalue weighted by Crippen LogP contribution is -2.42. The summed E-state index contributed by atoms with van der Waals surface area (Å²) in [6.07, 6.45) is 6.01. The highest BCUT2D eigenvalue weighted by Gasteiger charge is 2.56. The Labute approximate surface area is 137 Å². The molecule has 0 unspecified atom stereocenters. The molecule has 0 saturated heterocycles. The average Bonchev–Trinajstić information content (AvgIpc) is 2.85. The highest BCUT2D eigenvalue weighted by atomic mass is 16.5. The molecule has 4 rings (SSSR count). The first-order valence-corrected chi connectivity index (χ1v) is 8.63. The maximum atomic E-state index is 12.7. The number of ketones is 1. The number of Topliss-reactive ketones (excluding diaryl/α,β-unsaturated/α-hetero) is 1. The molecule has 0 heterocycles. The second-order valence-corrected chi connectivity index (χ2v) is 7.62. The average molecular weight is 312 g/mol. The fourth-order valence-electron chi connectivity index (χ4n) is 5.47. The third-order valence-corrected chi connectivity index (χ3v) is 6.73. The van der Waals surface area contributed by atoms with Crippen molar-refractivity contribution in [2.75, 3.05) is 7.11 Å². The number of aliphatic hydroxyl groups excluding tert-OH is 1. The van der Waals surface area contributed by atoms with E-state index >= 15 is 0 Å². The Kier molecular flexibility index (Phi) is 3.29. The van der Waals surface area contributed by atoms with E-state index in [0.717, 1.165) is 44.1 Å². The summed E-state index contributed by atoms with van der Waals surface area (Å²) in [6, 6.07) is 6.47. The lowest BCUT2D eigenvalue weighted by atomic mass is 9.55. The number of benzene rings is 1. The minimum atomic E-state index is -0.264. The predicted octanol–water partition coefficient (Wildman–Crippen LogP) is 4.17. The van der Waals surface area contributed by atoms with Gasteiger partial charge in [-0.15, -0.1) is 0 Å². The third-order valence-electron chi connectivity index (χ3n) is 6.73. The summed E-state index contributed by atoms with van der Waals surface area (Å²) in [5.41, 5.74) is 3.24. The highest BCUT2D eigenvalue weighted by molar-refractivity contribution is 6.02. The molecule has 1 aromatic carbocycles. The van der Waals surface area contributed by atoms with Gasteiger partial charge in [-0.1, -0.05) is 13.0 Å². The number of aryl methyl sites for hydroxylation is 1. The van der Waals surface area contributed by atoms with Gasteiger partial charge >= 0.3 is 0 Å². The molecule has 0 bridgehead atoms. The number of hydrogen-bond acceptors (Lipinski definition) is 3. The molecule has 2 saturated carbocycles. The van der Waals surface area contributed by atoms with E-state index in [1.807, 2.05) is 0 Å². The number of hydrogen-bond donors (Lipinski definition) is 1. The number of allylic oxidation sites excluding steroid dienone is 1. The van der Waals surface area contributed by atoms with Crippen LogP contribution in [0.15, 0.2) is 30.0 Å². The van der Waals surface area contributed by atoms with E-state index in [0.29, 0.717) is 23.3 Å². The summed E-state index contributed by atoms with van der Waals surface area (Å²) in [6.45, 7) is 2.12. The molecular weight excluding hydrogens is 288 g/mol. The summed E-state index contributed by atoms with van der Waals surface area (Å²) in [4.78, 5) is 12.7. The largest absolute Gasteiger partial charge is 0.515 e. The first-order chi connectivity index (χ1) is 11.1. The molecule has 122 valence electrons. The number of fused-ring (bicyclic) bond motifs is 5. The number of aliphatic hydroxyl groups is 1. The molecule has 0 spiro atoms. The number of methoxy groups -OCH3 is 1. The van der Waals surface area contributed by atoms with Crippen LogP contribution in [0.3, 0.4) is 0 Å². The Bertz CT molecular complexity index is 690. The van der Waals surface area contributed by atoms with Crippen molar-refractivity contribution in [1.82, 2.24) is 0 Å². The van der Waals surface area contributed by atoms with Crippen molar-refractivity contribution in [3.05, 3.63) is 41.2 Å². The van der Waals surface area contributed by atoms with Crippen molar-refractivity contribution < 1.29 is 14.6 Å². The minimum absolute atomic E-state index is 0.184. The Morgan fingerprint density at radius 2 is 2.17 bits per heavy atom. The second-order valence-electron chi connectivity index (χ2n) is 7.62. The van der Waals surface area contributed by atoms with E-state index in [1.54, 1.807) is 7.11 Å². The SMILES string of the molecule is COc1ccc2c(c1)CC[C@@H]1[C@@H]2CC[C@@]2(C)C(=O)C(=CO)C[C@@H]12. The molecule has 0 aliphatic heterocycles. The zero-order chi connectivity index (χ0) is 16.2. The van der Waals surface area contributed by atoms with Gasteiger partial charge in [0, 0.05) is 11.0 Å². The van der Waals surface area contributed by atoms with Gasteiger partial charge in [0.1, 0.15) is 5.75 Å². The van der Waals surface area contributed by atoms with Crippen molar-refractivity contribution in [2.45, 2.75) is 44.9 Å².